The minimum absolute atomic E-state index is 0.462. The Morgan fingerprint density at radius 3 is 2.73 bits per heavy atom. The quantitative estimate of drug-likeness (QED) is 0.558. The molecule has 1 saturated carbocycles. The van der Waals surface area contributed by atoms with Gasteiger partial charge in [-0.3, -0.25) is 4.90 Å². The Kier molecular flexibility index (Phi) is 6.86. The number of benzene rings is 1. The molecule has 1 unspecified atom stereocenters. The number of aryl methyl sites for hydroxylation is 1. The van der Waals surface area contributed by atoms with E-state index in [2.05, 4.69) is 63.7 Å². The highest BCUT2D eigenvalue weighted by Gasteiger charge is 2.24. The van der Waals surface area contributed by atoms with Crippen LogP contribution in [0.25, 0.3) is 5.70 Å². The van der Waals surface area contributed by atoms with Crippen molar-refractivity contribution in [3.8, 4) is 0 Å². The summed E-state index contributed by atoms with van der Waals surface area (Å²) in [6, 6.07) is 9.31. The first-order valence-electron chi connectivity index (χ1n) is 12.9. The maximum absolute atomic E-state index is 4.88. The maximum Gasteiger partial charge on any atom is 0.109 e. The van der Waals surface area contributed by atoms with E-state index in [1.165, 1.54) is 54.8 Å². The van der Waals surface area contributed by atoms with Crippen LogP contribution in [0.3, 0.4) is 0 Å². The van der Waals surface area contributed by atoms with Gasteiger partial charge in [0.15, 0.2) is 0 Å². The summed E-state index contributed by atoms with van der Waals surface area (Å²) in [5.74, 6) is 1.86. The van der Waals surface area contributed by atoms with Gasteiger partial charge in [0.05, 0.1) is 5.70 Å². The van der Waals surface area contributed by atoms with Gasteiger partial charge in [-0.1, -0.05) is 50.3 Å². The second-order valence-electron chi connectivity index (χ2n) is 10.1. The molecule has 1 aromatic carbocycles. The lowest BCUT2D eigenvalue weighted by atomic mass is 10.00. The summed E-state index contributed by atoms with van der Waals surface area (Å²) in [5.41, 5.74) is 6.20. The van der Waals surface area contributed by atoms with Crippen molar-refractivity contribution >= 4 is 5.70 Å². The van der Waals surface area contributed by atoms with Crippen molar-refractivity contribution in [1.82, 2.24) is 25.1 Å². The van der Waals surface area contributed by atoms with Gasteiger partial charge in [-0.25, -0.2) is 4.98 Å². The van der Waals surface area contributed by atoms with E-state index in [0.717, 1.165) is 63.4 Å². The van der Waals surface area contributed by atoms with Crippen LogP contribution < -0.4 is 10.6 Å². The highest BCUT2D eigenvalue weighted by molar-refractivity contribution is 5.57. The van der Waals surface area contributed by atoms with E-state index in [9.17, 15) is 0 Å². The van der Waals surface area contributed by atoms with Gasteiger partial charge in [0.2, 0.25) is 0 Å². The lowest BCUT2D eigenvalue weighted by molar-refractivity contribution is 0.251. The van der Waals surface area contributed by atoms with E-state index in [0.29, 0.717) is 12.0 Å². The highest BCUT2D eigenvalue weighted by atomic mass is 15.1. The number of imidazole rings is 1. The molecular formula is C28H39N5. The number of aromatic nitrogens is 2. The summed E-state index contributed by atoms with van der Waals surface area (Å²) in [6.45, 7) is 13.9. The van der Waals surface area contributed by atoms with Crippen LogP contribution >= 0.6 is 0 Å². The van der Waals surface area contributed by atoms with Crippen molar-refractivity contribution in [2.45, 2.75) is 70.5 Å². The Morgan fingerprint density at radius 2 is 1.88 bits per heavy atom. The van der Waals surface area contributed by atoms with E-state index in [1.54, 1.807) is 0 Å². The molecule has 2 aliphatic heterocycles. The molecule has 176 valence electrons. The van der Waals surface area contributed by atoms with Crippen molar-refractivity contribution in [2.75, 3.05) is 19.6 Å². The molecule has 0 radical (unpaired) electrons. The SMILES string of the molecule is C=C(NCCCN1CCc2ccccc2C1)c1cn2c(n1)CCC(NC(=C)C1CCCC1)C2. The molecule has 0 spiro atoms. The molecule has 3 aliphatic rings. The van der Waals surface area contributed by atoms with Crippen LogP contribution in [-0.2, 0) is 25.9 Å². The van der Waals surface area contributed by atoms with Crippen LogP contribution in [0.1, 0.15) is 61.2 Å². The van der Waals surface area contributed by atoms with Gasteiger partial charge in [-0.05, 0) is 49.1 Å². The third-order valence-corrected chi connectivity index (χ3v) is 7.74. The fourth-order valence-corrected chi connectivity index (χ4v) is 5.74. The molecule has 1 fully saturated rings. The summed E-state index contributed by atoms with van der Waals surface area (Å²) in [5, 5.41) is 7.25. The normalized spacial score (nSPS) is 20.8. The summed E-state index contributed by atoms with van der Waals surface area (Å²) >= 11 is 0. The molecule has 5 rings (SSSR count). The van der Waals surface area contributed by atoms with Gasteiger partial charge in [-0.15, -0.1) is 0 Å². The number of nitrogens with zero attached hydrogens (tertiary/aromatic N) is 3. The number of rotatable bonds is 9. The Balaban J connectivity index is 1.06. The molecule has 3 heterocycles. The third kappa shape index (κ3) is 5.35. The minimum atomic E-state index is 0.462. The lowest BCUT2D eigenvalue weighted by Crippen LogP contribution is -2.37. The number of hydrogen-bond donors (Lipinski definition) is 2. The van der Waals surface area contributed by atoms with Crippen LogP contribution in [0.2, 0.25) is 0 Å². The molecule has 2 N–H and O–H groups in total. The van der Waals surface area contributed by atoms with Gasteiger partial charge in [0.1, 0.15) is 11.5 Å². The van der Waals surface area contributed by atoms with Crippen LogP contribution in [0.15, 0.2) is 49.3 Å². The predicted octanol–water partition coefficient (Wildman–Crippen LogP) is 4.50. The third-order valence-electron chi connectivity index (χ3n) is 7.74. The average molecular weight is 446 g/mol. The first-order valence-corrected chi connectivity index (χ1v) is 12.9. The van der Waals surface area contributed by atoms with E-state index in [1.807, 2.05) is 0 Å². The predicted molar refractivity (Wildman–Crippen MR) is 136 cm³/mol. The van der Waals surface area contributed by atoms with E-state index in [-0.39, 0.29) is 0 Å². The van der Waals surface area contributed by atoms with E-state index >= 15 is 0 Å². The maximum atomic E-state index is 4.88. The summed E-state index contributed by atoms with van der Waals surface area (Å²) in [4.78, 5) is 7.44. The monoisotopic (exact) mass is 445 g/mol. The first-order chi connectivity index (χ1) is 16.2. The molecule has 0 saturated heterocycles. The van der Waals surface area contributed by atoms with Gasteiger partial charge in [0, 0.05) is 57.1 Å². The molecule has 1 aliphatic carbocycles. The van der Waals surface area contributed by atoms with Crippen LogP contribution in [0.5, 0.6) is 0 Å². The van der Waals surface area contributed by atoms with Gasteiger partial charge < -0.3 is 15.2 Å². The summed E-state index contributed by atoms with van der Waals surface area (Å²) < 4.78 is 2.32. The van der Waals surface area contributed by atoms with Crippen molar-refractivity contribution in [1.29, 1.82) is 0 Å². The zero-order chi connectivity index (χ0) is 22.6. The zero-order valence-electron chi connectivity index (χ0n) is 20.0. The average Bonchev–Trinajstić information content (AvgIpc) is 3.52. The van der Waals surface area contributed by atoms with Crippen molar-refractivity contribution in [2.24, 2.45) is 5.92 Å². The highest BCUT2D eigenvalue weighted by Crippen LogP contribution is 2.30. The zero-order valence-corrected chi connectivity index (χ0v) is 20.0. The smallest absolute Gasteiger partial charge is 0.109 e. The largest absolute Gasteiger partial charge is 0.384 e. The fourth-order valence-electron chi connectivity index (χ4n) is 5.74. The summed E-state index contributed by atoms with van der Waals surface area (Å²) in [7, 11) is 0. The lowest BCUT2D eigenvalue weighted by Gasteiger charge is -2.28. The second-order valence-corrected chi connectivity index (χ2v) is 10.1. The molecule has 0 bridgehead atoms. The summed E-state index contributed by atoms with van der Waals surface area (Å²) in [6.07, 6.45) is 11.9. The number of hydrogen-bond acceptors (Lipinski definition) is 4. The topological polar surface area (TPSA) is 45.1 Å². The number of allylic oxidation sites excluding steroid dienone is 1. The van der Waals surface area contributed by atoms with E-state index in [4.69, 9.17) is 4.98 Å². The van der Waals surface area contributed by atoms with Gasteiger partial charge >= 0.3 is 0 Å². The van der Waals surface area contributed by atoms with Crippen molar-refractivity contribution in [3.05, 3.63) is 72.0 Å². The molecule has 1 atom stereocenters. The van der Waals surface area contributed by atoms with E-state index < -0.39 is 0 Å². The van der Waals surface area contributed by atoms with Crippen LogP contribution in [-0.4, -0.2) is 40.1 Å². The van der Waals surface area contributed by atoms with Gasteiger partial charge in [-0.2, -0.15) is 0 Å². The van der Waals surface area contributed by atoms with Crippen LogP contribution in [0, 0.1) is 5.92 Å². The molecule has 0 amide bonds. The molecule has 5 heteroatoms. The van der Waals surface area contributed by atoms with Gasteiger partial charge in [0.25, 0.3) is 0 Å². The molecule has 1 aromatic heterocycles. The van der Waals surface area contributed by atoms with Crippen molar-refractivity contribution < 1.29 is 0 Å². The van der Waals surface area contributed by atoms with Crippen molar-refractivity contribution in [3.63, 3.8) is 0 Å². The second kappa shape index (κ2) is 10.2. The molecule has 2 aromatic rings. The first kappa shape index (κ1) is 22.3. The Bertz CT molecular complexity index is 984. The van der Waals surface area contributed by atoms with Crippen LogP contribution in [0.4, 0.5) is 0 Å². The Morgan fingerprint density at radius 1 is 1.06 bits per heavy atom. The Labute approximate surface area is 199 Å². The molecular weight excluding hydrogens is 406 g/mol. The fraction of sp³-hybridized carbons (Fsp3) is 0.536. The number of fused-ring (bicyclic) bond motifs is 2. The molecule has 5 nitrogen and oxygen atoms in total. The number of nitrogens with one attached hydrogen (secondary N) is 2. The Hall–Kier alpha value is -2.53. The standard InChI is InChI=1S/C28H39N5/c1-21(23-8-3-4-9-23)30-26-12-13-28-31-27(20-33(28)19-26)22(2)29-15-7-16-32-17-14-24-10-5-6-11-25(24)18-32/h5-6,10-11,20,23,26,29-30H,1-4,7-9,12-19H2. The molecule has 33 heavy (non-hydrogen) atoms. The minimum Gasteiger partial charge on any atom is -0.384 e.